The van der Waals surface area contributed by atoms with Gasteiger partial charge in [-0.3, -0.25) is 0 Å². The Kier molecular flexibility index (Phi) is 3.08. The third-order valence-electron chi connectivity index (χ3n) is 1.58. The van der Waals surface area contributed by atoms with Crippen molar-refractivity contribution in [3.05, 3.63) is 26.6 Å². The third-order valence-corrected chi connectivity index (χ3v) is 2.59. The third kappa shape index (κ3) is 1.99. The number of rotatable bonds is 0. The highest BCUT2D eigenvalue weighted by molar-refractivity contribution is 14.1. The lowest BCUT2D eigenvalue weighted by molar-refractivity contribution is -0.141. The Morgan fingerprint density at radius 2 is 1.40 bits per heavy atom. The van der Waals surface area contributed by atoms with Gasteiger partial charge in [0.05, 0.1) is 3.57 Å². The van der Waals surface area contributed by atoms with Crippen LogP contribution in [0.15, 0.2) is 0 Å². The summed E-state index contributed by atoms with van der Waals surface area (Å²) in [6, 6.07) is 0. The number of nitrogens with two attached hydrogens (primary N) is 1. The molecule has 1 nitrogen and oxygen atoms in total. The normalized spacial score (nSPS) is 11.9. The molecule has 0 radical (unpaired) electrons. The first kappa shape index (κ1) is 12.4. The molecule has 0 heterocycles. The van der Waals surface area contributed by atoms with E-state index in [2.05, 4.69) is 0 Å². The molecule has 0 aliphatic rings. The van der Waals surface area contributed by atoms with Crippen LogP contribution >= 0.6 is 22.6 Å². The molecule has 1 rings (SSSR count). The van der Waals surface area contributed by atoms with Crippen LogP contribution < -0.4 is 5.73 Å². The summed E-state index contributed by atoms with van der Waals surface area (Å²) in [4.78, 5) is 0. The van der Waals surface area contributed by atoms with Crippen molar-refractivity contribution >= 4 is 28.3 Å². The lowest BCUT2D eigenvalue weighted by Crippen LogP contribution is -2.16. The van der Waals surface area contributed by atoms with E-state index in [0.29, 0.717) is 0 Å². The van der Waals surface area contributed by atoms with Crippen LogP contribution in [0.3, 0.4) is 0 Å². The lowest BCUT2D eigenvalue weighted by Gasteiger charge is -2.13. The van der Waals surface area contributed by atoms with Gasteiger partial charge in [-0.05, 0) is 22.6 Å². The van der Waals surface area contributed by atoms with Crippen molar-refractivity contribution in [3.63, 3.8) is 0 Å². The zero-order valence-corrected chi connectivity index (χ0v) is 8.88. The van der Waals surface area contributed by atoms with Gasteiger partial charge in [0.2, 0.25) is 0 Å². The number of halogens is 7. The highest BCUT2D eigenvalue weighted by Gasteiger charge is 2.40. The molecule has 15 heavy (non-hydrogen) atoms. The fourth-order valence-corrected chi connectivity index (χ4v) is 1.73. The molecule has 0 aromatic heterocycles. The van der Waals surface area contributed by atoms with Gasteiger partial charge in [-0.25, -0.2) is 13.2 Å². The molecule has 0 aliphatic heterocycles. The van der Waals surface area contributed by atoms with Gasteiger partial charge in [-0.1, -0.05) is 0 Å². The van der Waals surface area contributed by atoms with E-state index in [1.807, 2.05) is 0 Å². The van der Waals surface area contributed by atoms with Crippen LogP contribution in [0.5, 0.6) is 0 Å². The molecule has 0 spiro atoms. The first-order chi connectivity index (χ1) is 6.68. The maximum absolute atomic E-state index is 12.9. The fraction of sp³-hybridized carbons (Fsp3) is 0.143. The SMILES string of the molecule is Nc1c(F)c(F)c(C(F)(F)F)c(I)c1F. The topological polar surface area (TPSA) is 26.0 Å². The van der Waals surface area contributed by atoms with Crippen molar-refractivity contribution in [3.8, 4) is 0 Å². The van der Waals surface area contributed by atoms with Gasteiger partial charge in [0, 0.05) is 0 Å². The van der Waals surface area contributed by atoms with Crippen LogP contribution in [0.4, 0.5) is 32.0 Å². The molecule has 2 N–H and O–H groups in total. The molecule has 1 aromatic rings. The molecule has 1 aromatic carbocycles. The standard InChI is InChI=1S/C7H2F6IN/c8-2-1(7(11,12)13)5(14)4(10)6(15)3(2)9/h15H2. The van der Waals surface area contributed by atoms with Gasteiger partial charge in [0.1, 0.15) is 11.3 Å². The van der Waals surface area contributed by atoms with Crippen LogP contribution in [-0.4, -0.2) is 0 Å². The fourth-order valence-electron chi connectivity index (χ4n) is 0.898. The van der Waals surface area contributed by atoms with E-state index in [1.165, 1.54) is 0 Å². The zero-order chi connectivity index (χ0) is 12.0. The Bertz CT molecular complexity index is 384. The molecule has 0 saturated carbocycles. The highest BCUT2D eigenvalue weighted by Crippen LogP contribution is 2.38. The van der Waals surface area contributed by atoms with Gasteiger partial charge in [0.15, 0.2) is 17.5 Å². The maximum atomic E-state index is 12.9. The summed E-state index contributed by atoms with van der Waals surface area (Å²) >= 11 is 0.916. The minimum atomic E-state index is -5.17. The molecule has 0 unspecified atom stereocenters. The van der Waals surface area contributed by atoms with Gasteiger partial charge in [0.25, 0.3) is 0 Å². The maximum Gasteiger partial charge on any atom is 0.420 e. The Morgan fingerprint density at radius 1 is 0.933 bits per heavy atom. The van der Waals surface area contributed by atoms with E-state index < -0.39 is 38.4 Å². The van der Waals surface area contributed by atoms with Crippen molar-refractivity contribution in [1.29, 1.82) is 0 Å². The second kappa shape index (κ2) is 3.72. The van der Waals surface area contributed by atoms with Crippen molar-refractivity contribution in [2.75, 3.05) is 5.73 Å². The summed E-state index contributed by atoms with van der Waals surface area (Å²) in [7, 11) is 0. The highest BCUT2D eigenvalue weighted by atomic mass is 127. The number of hydrogen-bond acceptors (Lipinski definition) is 1. The number of alkyl halides is 3. The molecule has 8 heteroatoms. The Balaban J connectivity index is 3.68. The van der Waals surface area contributed by atoms with Crippen LogP contribution in [0.25, 0.3) is 0 Å². The molecule has 0 fully saturated rings. The minimum absolute atomic E-state index is 0.916. The van der Waals surface area contributed by atoms with Crippen LogP contribution in [0.1, 0.15) is 5.56 Å². The Morgan fingerprint density at radius 3 is 1.80 bits per heavy atom. The molecular weight excluding hydrogens is 339 g/mol. The van der Waals surface area contributed by atoms with Crippen LogP contribution in [0.2, 0.25) is 0 Å². The average molecular weight is 341 g/mol. The largest absolute Gasteiger partial charge is 0.420 e. The van der Waals surface area contributed by atoms with Crippen molar-refractivity contribution in [2.45, 2.75) is 6.18 Å². The minimum Gasteiger partial charge on any atom is -0.394 e. The quantitative estimate of drug-likeness (QED) is 0.333. The van der Waals surface area contributed by atoms with Gasteiger partial charge in [-0.15, -0.1) is 0 Å². The van der Waals surface area contributed by atoms with Crippen molar-refractivity contribution in [1.82, 2.24) is 0 Å². The summed E-state index contributed by atoms with van der Waals surface area (Å²) in [5, 5.41) is 0. The van der Waals surface area contributed by atoms with Crippen molar-refractivity contribution in [2.24, 2.45) is 0 Å². The van der Waals surface area contributed by atoms with E-state index in [0.717, 1.165) is 22.6 Å². The second-order valence-corrected chi connectivity index (χ2v) is 3.62. The monoisotopic (exact) mass is 341 g/mol. The molecule has 84 valence electrons. The number of nitrogen functional groups attached to an aromatic ring is 1. The van der Waals surface area contributed by atoms with Crippen molar-refractivity contribution < 1.29 is 26.3 Å². The zero-order valence-electron chi connectivity index (χ0n) is 6.72. The summed E-state index contributed by atoms with van der Waals surface area (Å²) in [5.74, 6) is -5.83. The summed E-state index contributed by atoms with van der Waals surface area (Å²) in [6.45, 7) is 0. The predicted molar refractivity (Wildman–Crippen MR) is 48.4 cm³/mol. The molecule has 0 atom stereocenters. The molecule has 0 aliphatic carbocycles. The lowest BCUT2D eigenvalue weighted by atomic mass is 10.1. The van der Waals surface area contributed by atoms with E-state index in [1.54, 1.807) is 0 Å². The van der Waals surface area contributed by atoms with Gasteiger partial charge in [-0.2, -0.15) is 13.2 Å². The van der Waals surface area contributed by atoms with Gasteiger partial charge < -0.3 is 5.73 Å². The summed E-state index contributed by atoms with van der Waals surface area (Å²) in [5.41, 5.74) is 1.49. The first-order valence-electron chi connectivity index (χ1n) is 3.36. The second-order valence-electron chi connectivity index (χ2n) is 2.54. The van der Waals surface area contributed by atoms with E-state index in [-0.39, 0.29) is 0 Å². The Labute approximate surface area is 93.4 Å². The van der Waals surface area contributed by atoms with E-state index in [4.69, 9.17) is 5.73 Å². The predicted octanol–water partition coefficient (Wildman–Crippen LogP) is 3.31. The number of benzene rings is 1. The van der Waals surface area contributed by atoms with Crippen LogP contribution in [-0.2, 0) is 6.18 Å². The van der Waals surface area contributed by atoms with E-state index in [9.17, 15) is 26.3 Å². The van der Waals surface area contributed by atoms with E-state index >= 15 is 0 Å². The smallest absolute Gasteiger partial charge is 0.394 e. The van der Waals surface area contributed by atoms with Crippen LogP contribution in [0, 0.1) is 21.0 Å². The average Bonchev–Trinajstić information content (AvgIpc) is 2.09. The molecule has 0 bridgehead atoms. The van der Waals surface area contributed by atoms with Gasteiger partial charge >= 0.3 is 6.18 Å². The molecule has 0 amide bonds. The first-order valence-corrected chi connectivity index (χ1v) is 4.44. The summed E-state index contributed by atoms with van der Waals surface area (Å²) in [6.07, 6.45) is -5.17. The number of anilines is 1. The number of hydrogen-bond donors (Lipinski definition) is 1. The molecular formula is C7H2F6IN. The Hall–Kier alpha value is -0.670. The molecule has 0 saturated heterocycles. The summed E-state index contributed by atoms with van der Waals surface area (Å²) < 4.78 is 74.0.